The van der Waals surface area contributed by atoms with Gasteiger partial charge < -0.3 is 20.1 Å². The fraction of sp³-hybridized carbons (Fsp3) is 0.429. The summed E-state index contributed by atoms with van der Waals surface area (Å²) in [6.07, 6.45) is 3.69. The standard InChI is InChI=1S/C21H28N6O3S/c1-5-29-15-6-8-16(9-7-15)30-13-18(28)22-10-11-27-20-17(12-23-27)19(24-14(2)3)25-21(26-20)31-4/h6-9,12,14H,5,10-11,13H2,1-4H3,(H,22,28)(H,24,25,26). The van der Waals surface area contributed by atoms with Crippen molar-refractivity contribution in [3.63, 3.8) is 0 Å². The topological polar surface area (TPSA) is 103 Å². The summed E-state index contributed by atoms with van der Waals surface area (Å²) in [6, 6.07) is 7.42. The molecule has 0 aliphatic carbocycles. The van der Waals surface area contributed by atoms with Crippen molar-refractivity contribution in [1.29, 1.82) is 0 Å². The van der Waals surface area contributed by atoms with Gasteiger partial charge in [-0.1, -0.05) is 11.8 Å². The molecule has 0 radical (unpaired) electrons. The molecule has 2 aromatic heterocycles. The van der Waals surface area contributed by atoms with E-state index in [4.69, 9.17) is 9.47 Å². The number of hydrogen-bond donors (Lipinski definition) is 2. The molecule has 0 fully saturated rings. The Balaban J connectivity index is 1.54. The zero-order chi connectivity index (χ0) is 22.2. The summed E-state index contributed by atoms with van der Waals surface area (Å²) in [5, 5.41) is 12.1. The molecule has 0 spiro atoms. The second-order valence-electron chi connectivity index (χ2n) is 7.01. The molecule has 0 aliphatic heterocycles. The average Bonchev–Trinajstić information content (AvgIpc) is 3.16. The van der Waals surface area contributed by atoms with Crippen LogP contribution in [-0.2, 0) is 11.3 Å². The number of carbonyl (C=O) groups excluding carboxylic acids is 1. The van der Waals surface area contributed by atoms with Crippen LogP contribution in [0.1, 0.15) is 20.8 Å². The van der Waals surface area contributed by atoms with Gasteiger partial charge in [-0.3, -0.25) is 4.79 Å². The quantitative estimate of drug-likeness (QED) is 0.344. The number of ether oxygens (including phenoxy) is 2. The minimum absolute atomic E-state index is 0.0604. The first kappa shape index (κ1) is 22.7. The molecule has 1 amide bonds. The van der Waals surface area contributed by atoms with Crippen LogP contribution in [0.3, 0.4) is 0 Å². The summed E-state index contributed by atoms with van der Waals surface area (Å²) in [4.78, 5) is 21.2. The number of anilines is 1. The molecule has 2 N–H and O–H groups in total. The fourth-order valence-electron chi connectivity index (χ4n) is 2.87. The van der Waals surface area contributed by atoms with Crippen LogP contribution in [0.25, 0.3) is 11.0 Å². The minimum Gasteiger partial charge on any atom is -0.494 e. The number of amides is 1. The maximum Gasteiger partial charge on any atom is 0.258 e. The molecular formula is C21H28N6O3S. The predicted octanol–water partition coefficient (Wildman–Crippen LogP) is 2.96. The van der Waals surface area contributed by atoms with Gasteiger partial charge in [-0.15, -0.1) is 0 Å². The van der Waals surface area contributed by atoms with Gasteiger partial charge >= 0.3 is 0 Å². The summed E-state index contributed by atoms with van der Waals surface area (Å²) in [6.45, 7) is 7.49. The van der Waals surface area contributed by atoms with Gasteiger partial charge in [0.15, 0.2) is 17.4 Å². The lowest BCUT2D eigenvalue weighted by atomic mass is 10.3. The van der Waals surface area contributed by atoms with Gasteiger partial charge in [0.05, 0.1) is 24.7 Å². The minimum atomic E-state index is -0.202. The number of thioether (sulfide) groups is 1. The molecule has 3 rings (SSSR count). The van der Waals surface area contributed by atoms with Crippen LogP contribution in [0.4, 0.5) is 5.82 Å². The monoisotopic (exact) mass is 444 g/mol. The Kier molecular flexibility index (Phi) is 7.94. The van der Waals surface area contributed by atoms with Gasteiger partial charge in [-0.05, 0) is 51.3 Å². The number of rotatable bonds is 11. The van der Waals surface area contributed by atoms with Gasteiger partial charge in [-0.2, -0.15) is 5.10 Å². The number of fused-ring (bicyclic) bond motifs is 1. The molecule has 0 saturated carbocycles. The number of carbonyl (C=O) groups is 1. The van der Waals surface area contributed by atoms with E-state index < -0.39 is 0 Å². The van der Waals surface area contributed by atoms with Crippen molar-refractivity contribution in [3.8, 4) is 11.5 Å². The van der Waals surface area contributed by atoms with Crippen molar-refractivity contribution in [1.82, 2.24) is 25.1 Å². The largest absolute Gasteiger partial charge is 0.494 e. The van der Waals surface area contributed by atoms with E-state index in [1.54, 1.807) is 23.0 Å². The Labute approximate surface area is 185 Å². The highest BCUT2D eigenvalue weighted by Gasteiger charge is 2.13. The highest BCUT2D eigenvalue weighted by atomic mass is 32.2. The Morgan fingerprint density at radius 3 is 2.52 bits per heavy atom. The van der Waals surface area contributed by atoms with E-state index in [-0.39, 0.29) is 18.6 Å². The molecule has 31 heavy (non-hydrogen) atoms. The zero-order valence-electron chi connectivity index (χ0n) is 18.2. The predicted molar refractivity (Wildman–Crippen MR) is 122 cm³/mol. The molecule has 0 aliphatic rings. The fourth-order valence-corrected chi connectivity index (χ4v) is 3.23. The number of hydrogen-bond acceptors (Lipinski definition) is 8. The molecule has 0 atom stereocenters. The highest BCUT2D eigenvalue weighted by molar-refractivity contribution is 7.98. The number of nitrogens with zero attached hydrogens (tertiary/aromatic N) is 4. The SMILES string of the molecule is CCOc1ccc(OCC(=O)NCCn2ncc3c(NC(C)C)nc(SC)nc32)cc1. The van der Waals surface area contributed by atoms with Gasteiger partial charge in [-0.25, -0.2) is 14.6 Å². The van der Waals surface area contributed by atoms with Crippen molar-refractivity contribution < 1.29 is 14.3 Å². The van der Waals surface area contributed by atoms with E-state index in [1.807, 2.05) is 25.3 Å². The summed E-state index contributed by atoms with van der Waals surface area (Å²) in [7, 11) is 0. The first-order valence-corrected chi connectivity index (χ1v) is 11.4. The maximum atomic E-state index is 12.1. The third-order valence-electron chi connectivity index (χ3n) is 4.23. The molecule has 1 aromatic carbocycles. The Bertz CT molecular complexity index is 1010. The lowest BCUT2D eigenvalue weighted by Crippen LogP contribution is -2.31. The third-order valence-corrected chi connectivity index (χ3v) is 4.78. The van der Waals surface area contributed by atoms with Crippen molar-refractivity contribution in [2.45, 2.75) is 38.5 Å². The third kappa shape index (κ3) is 6.24. The maximum absolute atomic E-state index is 12.1. The van der Waals surface area contributed by atoms with E-state index in [2.05, 4.69) is 39.5 Å². The first-order valence-electron chi connectivity index (χ1n) is 10.2. The van der Waals surface area contributed by atoms with Gasteiger partial charge in [0.25, 0.3) is 5.91 Å². The first-order chi connectivity index (χ1) is 15.0. The van der Waals surface area contributed by atoms with Crippen molar-refractivity contribution in [3.05, 3.63) is 30.5 Å². The molecule has 0 unspecified atom stereocenters. The Hall–Kier alpha value is -3.01. The average molecular weight is 445 g/mol. The molecule has 3 aromatic rings. The lowest BCUT2D eigenvalue weighted by Gasteiger charge is -2.11. The van der Waals surface area contributed by atoms with Crippen LogP contribution in [0.15, 0.2) is 35.6 Å². The van der Waals surface area contributed by atoms with E-state index >= 15 is 0 Å². The number of nitrogens with one attached hydrogen (secondary N) is 2. The molecule has 10 heteroatoms. The smallest absolute Gasteiger partial charge is 0.258 e. The van der Waals surface area contributed by atoms with Crippen LogP contribution in [-0.4, -0.2) is 57.7 Å². The summed E-state index contributed by atoms with van der Waals surface area (Å²) < 4.78 is 12.7. The van der Waals surface area contributed by atoms with E-state index in [0.717, 1.165) is 22.6 Å². The lowest BCUT2D eigenvalue weighted by molar-refractivity contribution is -0.123. The van der Waals surface area contributed by atoms with Crippen molar-refractivity contribution in [2.24, 2.45) is 0 Å². The normalized spacial score (nSPS) is 11.0. The van der Waals surface area contributed by atoms with E-state index in [9.17, 15) is 4.79 Å². The van der Waals surface area contributed by atoms with Crippen molar-refractivity contribution in [2.75, 3.05) is 31.3 Å². The zero-order valence-corrected chi connectivity index (χ0v) is 19.0. The Morgan fingerprint density at radius 2 is 1.87 bits per heavy atom. The molecular weight excluding hydrogens is 416 g/mol. The molecule has 9 nitrogen and oxygen atoms in total. The van der Waals surface area contributed by atoms with E-state index in [0.29, 0.717) is 30.6 Å². The van der Waals surface area contributed by atoms with E-state index in [1.165, 1.54) is 11.8 Å². The number of aromatic nitrogens is 4. The number of benzene rings is 1. The van der Waals surface area contributed by atoms with Gasteiger partial charge in [0.2, 0.25) is 0 Å². The van der Waals surface area contributed by atoms with Crippen LogP contribution in [0, 0.1) is 0 Å². The summed E-state index contributed by atoms with van der Waals surface area (Å²) in [5.41, 5.74) is 0.738. The molecule has 0 saturated heterocycles. The summed E-state index contributed by atoms with van der Waals surface area (Å²) in [5.74, 6) is 1.95. The summed E-state index contributed by atoms with van der Waals surface area (Å²) >= 11 is 1.48. The second kappa shape index (κ2) is 10.9. The highest BCUT2D eigenvalue weighted by Crippen LogP contribution is 2.24. The van der Waals surface area contributed by atoms with Crippen molar-refractivity contribution >= 4 is 34.5 Å². The molecule has 0 bridgehead atoms. The Morgan fingerprint density at radius 1 is 1.16 bits per heavy atom. The van der Waals surface area contributed by atoms with Crippen LogP contribution >= 0.6 is 11.8 Å². The van der Waals surface area contributed by atoms with Crippen LogP contribution in [0.2, 0.25) is 0 Å². The van der Waals surface area contributed by atoms with Gasteiger partial charge in [0.1, 0.15) is 17.3 Å². The molecule has 2 heterocycles. The van der Waals surface area contributed by atoms with Gasteiger partial charge in [0, 0.05) is 12.6 Å². The molecule has 166 valence electrons. The van der Waals surface area contributed by atoms with Crippen LogP contribution in [0.5, 0.6) is 11.5 Å². The van der Waals surface area contributed by atoms with Crippen LogP contribution < -0.4 is 20.1 Å². The second-order valence-corrected chi connectivity index (χ2v) is 7.78.